The molecule has 2 aromatic heterocycles. The Bertz CT molecular complexity index is 818. The Hall–Kier alpha value is -1.90. The molecular formula is C18H20FN5S2. The van der Waals surface area contributed by atoms with Crippen LogP contribution in [-0.4, -0.2) is 46.3 Å². The fourth-order valence-electron chi connectivity index (χ4n) is 3.09. The first-order chi connectivity index (χ1) is 12.8. The average Bonchev–Trinajstić information content (AvgIpc) is 3.26. The number of halogens is 1. The fraction of sp³-hybridized carbons (Fsp3) is 0.389. The van der Waals surface area contributed by atoms with E-state index in [2.05, 4.69) is 30.4 Å². The van der Waals surface area contributed by atoms with Crippen molar-refractivity contribution in [3.8, 4) is 0 Å². The summed E-state index contributed by atoms with van der Waals surface area (Å²) in [5.74, 6) is -0.210. The van der Waals surface area contributed by atoms with Crippen LogP contribution < -0.4 is 4.90 Å². The molecule has 1 fully saturated rings. The van der Waals surface area contributed by atoms with Gasteiger partial charge in [-0.05, 0) is 24.1 Å². The molecule has 26 heavy (non-hydrogen) atoms. The Morgan fingerprint density at radius 1 is 1.04 bits per heavy atom. The largest absolute Gasteiger partial charge is 0.345 e. The zero-order valence-electron chi connectivity index (χ0n) is 14.3. The molecule has 0 saturated carbocycles. The molecule has 4 rings (SSSR count). The Morgan fingerprint density at radius 3 is 2.73 bits per heavy atom. The third-order valence-electron chi connectivity index (χ3n) is 4.45. The number of hydrogen-bond acceptors (Lipinski definition) is 7. The van der Waals surface area contributed by atoms with Gasteiger partial charge in [0.2, 0.25) is 5.13 Å². The van der Waals surface area contributed by atoms with Gasteiger partial charge < -0.3 is 4.90 Å². The molecule has 0 bridgehead atoms. The first kappa shape index (κ1) is 17.5. The summed E-state index contributed by atoms with van der Waals surface area (Å²) in [4.78, 5) is 9.17. The number of nitrogens with zero attached hydrogens (tertiary/aromatic N) is 5. The molecule has 3 heterocycles. The predicted octanol–water partition coefficient (Wildman–Crippen LogP) is 3.44. The summed E-state index contributed by atoms with van der Waals surface area (Å²) in [6, 6.07) is 6.59. The molecule has 136 valence electrons. The van der Waals surface area contributed by atoms with Crippen LogP contribution >= 0.6 is 22.7 Å². The third-order valence-corrected chi connectivity index (χ3v) is 6.07. The molecule has 0 spiro atoms. The predicted molar refractivity (Wildman–Crippen MR) is 103 cm³/mol. The van der Waals surface area contributed by atoms with E-state index < -0.39 is 0 Å². The summed E-state index contributed by atoms with van der Waals surface area (Å²) in [5, 5.41) is 12.8. The van der Waals surface area contributed by atoms with E-state index in [0.717, 1.165) is 60.5 Å². The van der Waals surface area contributed by atoms with Crippen molar-refractivity contribution in [1.29, 1.82) is 0 Å². The quantitative estimate of drug-likeness (QED) is 0.669. The van der Waals surface area contributed by atoms with Crippen LogP contribution in [0.25, 0.3) is 0 Å². The first-order valence-corrected chi connectivity index (χ1v) is 10.4. The van der Waals surface area contributed by atoms with Crippen LogP contribution in [-0.2, 0) is 13.0 Å². The molecule has 0 unspecified atom stereocenters. The van der Waals surface area contributed by atoms with Gasteiger partial charge in [0.1, 0.15) is 10.8 Å². The highest BCUT2D eigenvalue weighted by Crippen LogP contribution is 2.24. The average molecular weight is 390 g/mol. The van der Waals surface area contributed by atoms with Crippen molar-refractivity contribution in [1.82, 2.24) is 20.1 Å². The van der Waals surface area contributed by atoms with E-state index in [1.54, 1.807) is 34.8 Å². The van der Waals surface area contributed by atoms with E-state index in [-0.39, 0.29) is 5.82 Å². The molecule has 1 aliphatic heterocycles. The van der Waals surface area contributed by atoms with E-state index >= 15 is 0 Å². The number of rotatable bonds is 5. The summed E-state index contributed by atoms with van der Waals surface area (Å²) in [7, 11) is 0. The van der Waals surface area contributed by atoms with Crippen molar-refractivity contribution in [3.63, 3.8) is 0 Å². The zero-order valence-corrected chi connectivity index (χ0v) is 16.0. The van der Waals surface area contributed by atoms with Gasteiger partial charge in [0, 0.05) is 44.5 Å². The summed E-state index contributed by atoms with van der Waals surface area (Å²) < 4.78 is 13.0. The molecule has 5 nitrogen and oxygen atoms in total. The van der Waals surface area contributed by atoms with Crippen molar-refractivity contribution in [3.05, 3.63) is 57.2 Å². The van der Waals surface area contributed by atoms with E-state index in [4.69, 9.17) is 0 Å². The van der Waals surface area contributed by atoms with E-state index in [9.17, 15) is 4.39 Å². The van der Waals surface area contributed by atoms with Gasteiger partial charge in [-0.1, -0.05) is 23.5 Å². The maximum absolute atomic E-state index is 13.0. The lowest BCUT2D eigenvalue weighted by Gasteiger charge is -2.20. The zero-order chi connectivity index (χ0) is 17.8. The smallest absolute Gasteiger partial charge is 0.208 e. The lowest BCUT2D eigenvalue weighted by Crippen LogP contribution is -2.30. The molecule has 1 saturated heterocycles. The normalized spacial score (nSPS) is 16.0. The SMILES string of the molecule is Fc1ccc(Cc2nnc(N3CCCN(Cc4cscn4)CC3)s2)cc1. The van der Waals surface area contributed by atoms with Gasteiger partial charge in [0.25, 0.3) is 0 Å². The van der Waals surface area contributed by atoms with Crippen molar-refractivity contribution in [2.24, 2.45) is 0 Å². The van der Waals surface area contributed by atoms with Gasteiger partial charge in [0.15, 0.2) is 0 Å². The summed E-state index contributed by atoms with van der Waals surface area (Å²) in [6.45, 7) is 4.96. The number of aromatic nitrogens is 3. The fourth-order valence-corrected chi connectivity index (χ4v) is 4.56. The Labute approximate surface area is 160 Å². The highest BCUT2D eigenvalue weighted by Gasteiger charge is 2.19. The van der Waals surface area contributed by atoms with Gasteiger partial charge in [-0.3, -0.25) is 4.90 Å². The summed E-state index contributed by atoms with van der Waals surface area (Å²) in [6.07, 6.45) is 1.80. The molecule has 1 aromatic carbocycles. The van der Waals surface area contributed by atoms with E-state index in [0.29, 0.717) is 6.42 Å². The van der Waals surface area contributed by atoms with Crippen LogP contribution in [0.4, 0.5) is 9.52 Å². The van der Waals surface area contributed by atoms with Crippen LogP contribution in [0.2, 0.25) is 0 Å². The maximum Gasteiger partial charge on any atom is 0.208 e. The Kier molecular flexibility index (Phi) is 5.52. The van der Waals surface area contributed by atoms with Gasteiger partial charge in [-0.25, -0.2) is 9.37 Å². The van der Waals surface area contributed by atoms with Crippen molar-refractivity contribution in [2.45, 2.75) is 19.4 Å². The number of benzene rings is 1. The third kappa shape index (κ3) is 4.44. The van der Waals surface area contributed by atoms with Crippen molar-refractivity contribution < 1.29 is 4.39 Å². The second-order valence-corrected chi connectivity index (χ2v) is 8.14. The molecule has 1 aliphatic rings. The highest BCUT2D eigenvalue weighted by atomic mass is 32.1. The highest BCUT2D eigenvalue weighted by molar-refractivity contribution is 7.15. The molecule has 3 aromatic rings. The topological polar surface area (TPSA) is 45.2 Å². The summed E-state index contributed by atoms with van der Waals surface area (Å²) in [5.41, 5.74) is 4.10. The van der Waals surface area contributed by atoms with Crippen molar-refractivity contribution in [2.75, 3.05) is 31.1 Å². The maximum atomic E-state index is 13.0. The molecule has 0 radical (unpaired) electrons. The Morgan fingerprint density at radius 2 is 1.92 bits per heavy atom. The van der Waals surface area contributed by atoms with Gasteiger partial charge >= 0.3 is 0 Å². The monoisotopic (exact) mass is 389 g/mol. The second kappa shape index (κ2) is 8.20. The Balaban J connectivity index is 1.35. The lowest BCUT2D eigenvalue weighted by atomic mass is 10.2. The lowest BCUT2D eigenvalue weighted by molar-refractivity contribution is 0.282. The molecular weight excluding hydrogens is 369 g/mol. The molecule has 0 N–H and O–H groups in total. The van der Waals surface area contributed by atoms with Crippen LogP contribution in [0.3, 0.4) is 0 Å². The van der Waals surface area contributed by atoms with Crippen LogP contribution in [0, 0.1) is 5.82 Å². The minimum absolute atomic E-state index is 0.210. The number of thiazole rings is 1. The number of hydrogen-bond donors (Lipinski definition) is 0. The van der Waals surface area contributed by atoms with Gasteiger partial charge in [-0.15, -0.1) is 21.5 Å². The van der Waals surface area contributed by atoms with Crippen molar-refractivity contribution >= 4 is 27.8 Å². The molecule has 8 heteroatoms. The van der Waals surface area contributed by atoms with E-state index in [1.807, 2.05) is 5.51 Å². The van der Waals surface area contributed by atoms with Crippen LogP contribution in [0.5, 0.6) is 0 Å². The number of anilines is 1. The minimum atomic E-state index is -0.210. The first-order valence-electron chi connectivity index (χ1n) is 8.67. The van der Waals surface area contributed by atoms with E-state index in [1.165, 1.54) is 12.1 Å². The minimum Gasteiger partial charge on any atom is -0.345 e. The standard InChI is InChI=1S/C18H20FN5S2/c19-15-4-2-14(3-5-15)10-17-21-22-18(26-17)24-7-1-6-23(8-9-24)11-16-12-25-13-20-16/h2-5,12-13H,1,6-11H2. The van der Waals surface area contributed by atoms with Crippen LogP contribution in [0.15, 0.2) is 35.2 Å². The second-order valence-electron chi connectivity index (χ2n) is 6.38. The molecule has 0 amide bonds. The summed E-state index contributed by atoms with van der Waals surface area (Å²) >= 11 is 3.28. The molecule has 0 aliphatic carbocycles. The molecule has 0 atom stereocenters. The van der Waals surface area contributed by atoms with Gasteiger partial charge in [-0.2, -0.15) is 0 Å². The van der Waals surface area contributed by atoms with Crippen LogP contribution in [0.1, 0.15) is 22.7 Å². The van der Waals surface area contributed by atoms with Gasteiger partial charge in [0.05, 0.1) is 11.2 Å².